The van der Waals surface area contributed by atoms with E-state index in [-0.39, 0.29) is 117 Å². The maximum atomic E-state index is 14.5. The number of methoxy groups -OCH3 is 2. The van der Waals surface area contributed by atoms with E-state index in [0.29, 0.717) is 30.3 Å². The Hall–Kier alpha value is -12.0. The molecule has 3 fully saturated rings. The highest BCUT2D eigenvalue weighted by Crippen LogP contribution is 2.48. The smallest absolute Gasteiger partial charge is 0.410 e. The Balaban J connectivity index is 0.000000335. The van der Waals surface area contributed by atoms with Gasteiger partial charge in [0.15, 0.2) is 15.6 Å². The van der Waals surface area contributed by atoms with E-state index in [1.807, 2.05) is 48.5 Å². The number of fused-ring (bicyclic) bond motifs is 6. The number of halogens is 1. The molecule has 6 aliphatic rings. The van der Waals surface area contributed by atoms with Gasteiger partial charge in [0.05, 0.1) is 39.1 Å². The molecular weight excluding hydrogens is 1650 g/mol. The summed E-state index contributed by atoms with van der Waals surface area (Å²) in [5.41, 5.74) is 0.715. The Morgan fingerprint density at radius 1 is 0.704 bits per heavy atom. The van der Waals surface area contributed by atoms with Crippen molar-refractivity contribution in [1.29, 1.82) is 0 Å². The fourth-order valence-electron chi connectivity index (χ4n) is 13.6. The Morgan fingerprint density at radius 3 is 1.74 bits per heavy atom. The summed E-state index contributed by atoms with van der Waals surface area (Å²) < 4.78 is 81.3. The second kappa shape index (κ2) is 45.6. The zero-order valence-electron chi connectivity index (χ0n) is 72.5. The molecule has 8 atom stereocenters. The first-order valence-corrected chi connectivity index (χ1v) is 42.1. The Kier molecular flexibility index (Phi) is 37.8. The molecule has 125 heavy (non-hydrogen) atoms. The van der Waals surface area contributed by atoms with Gasteiger partial charge in [-0.2, -0.15) is 0 Å². The summed E-state index contributed by atoms with van der Waals surface area (Å²) in [6.07, 6.45) is 2.01. The maximum absolute atomic E-state index is 14.5. The third kappa shape index (κ3) is 32.3. The van der Waals surface area contributed by atoms with Crippen molar-refractivity contribution in [2.24, 2.45) is 5.92 Å². The van der Waals surface area contributed by atoms with E-state index in [1.54, 1.807) is 107 Å². The van der Waals surface area contributed by atoms with Crippen LogP contribution < -0.4 is 26.6 Å². The molecule has 3 aromatic carbocycles. The number of Topliss-reactive ketones (excluding diaryl/α,β-unsaturated/α-hetero) is 1. The van der Waals surface area contributed by atoms with Gasteiger partial charge < -0.3 is 94.2 Å². The van der Waals surface area contributed by atoms with Gasteiger partial charge in [-0.1, -0.05) is 92.9 Å². The van der Waals surface area contributed by atoms with Crippen LogP contribution in [0.15, 0.2) is 104 Å². The van der Waals surface area contributed by atoms with Crippen LogP contribution in [0.4, 0.5) is 33.2 Å². The Bertz CT molecular complexity index is 4520. The standard InChI is InChI=1S/C38H48FN5O10S.C26H30N2O6.C11H19NO6.C11H19NO5.CH4/c1-5-32(46)42-15-7-10-24-18-38(24,31(45)22-55(51,52)26-13-14-26)41-33(47)30-17-25(53-36(50)43-19-23-9-6-11-28(39)27(23)21-43)20-44(30)34(48)29(12-8-16-42)40-35(49)54-37(2,3)4;1-5-14-28(15-22(23(29)30)27-24(31)34-26(2,3)4)25(32)33-16-21-19-12-8-6-10-17(19)18-11-7-9-13-20(18)21;1-11(2,3)18-10(16)12-7(9(15)17-4)5-6-8(13)14;1-11(2,3)17-10(15)12-8(6-5-7-13)9(14)16-4;/h5-7,9-11,24-26,29-30H,1,8,12-22H2,2-4H3,(H,40,49)(H,41,47);5-13,21-22H,1,14-16H2,2-4H3,(H,27,31)(H,29,30);7H,5-6H2,1-4H3,(H,12,16)(H,13,14);7-8H,5-6H2,1-4H3,(H,12,15);1H4/b10-7-;;;;/t24-,25-,29+,30+,38-;22-;7-;8-;/m1000./s1. The van der Waals surface area contributed by atoms with E-state index < -0.39 is 181 Å². The van der Waals surface area contributed by atoms with E-state index in [4.69, 9.17) is 33.5 Å². The number of benzene rings is 3. The van der Waals surface area contributed by atoms with Gasteiger partial charge in [-0.05, 0) is 168 Å². The van der Waals surface area contributed by atoms with Crippen LogP contribution in [0.1, 0.15) is 183 Å². The largest absolute Gasteiger partial charge is 0.481 e. The molecule has 0 spiro atoms. The number of carboxylic acids is 2. The molecule has 0 bridgehead atoms. The highest BCUT2D eigenvalue weighted by atomic mass is 32.2. The van der Waals surface area contributed by atoms with Crippen LogP contribution in [-0.4, -0.2) is 257 Å². The number of aldehydes is 1. The number of ketones is 1. The number of esters is 2. The monoisotopic (exact) mass is 1770 g/mol. The molecule has 1 saturated heterocycles. The average Bonchev–Trinajstić information content (AvgIpc) is 1.57. The van der Waals surface area contributed by atoms with Crippen molar-refractivity contribution >= 4 is 100 Å². The number of nitrogens with zero attached hydrogens (tertiary/aromatic N) is 4. The van der Waals surface area contributed by atoms with Crippen LogP contribution in [0.5, 0.6) is 0 Å². The fourth-order valence-corrected chi connectivity index (χ4v) is 15.3. The summed E-state index contributed by atoms with van der Waals surface area (Å²) in [5, 5.41) is 29.8. The van der Waals surface area contributed by atoms with Gasteiger partial charge in [0.25, 0.3) is 0 Å². The van der Waals surface area contributed by atoms with Crippen LogP contribution in [0.25, 0.3) is 11.1 Å². The highest BCUT2D eigenvalue weighted by Gasteiger charge is 2.62. The zero-order chi connectivity index (χ0) is 92.6. The lowest BCUT2D eigenvalue weighted by molar-refractivity contribution is -0.144. The lowest BCUT2D eigenvalue weighted by Crippen LogP contribution is -2.57. The van der Waals surface area contributed by atoms with Crippen LogP contribution in [0.3, 0.4) is 0 Å². The second-order valence-electron chi connectivity index (χ2n) is 34.1. The van der Waals surface area contributed by atoms with Gasteiger partial charge in [-0.3, -0.25) is 28.9 Å². The van der Waals surface area contributed by atoms with Crippen molar-refractivity contribution in [2.45, 2.75) is 243 Å². The number of amides is 9. The third-order valence-electron chi connectivity index (χ3n) is 19.5. The molecule has 688 valence electrons. The predicted molar refractivity (Wildman–Crippen MR) is 452 cm³/mol. The number of carbonyl (C=O) groups is 15. The molecule has 36 nitrogen and oxygen atoms in total. The number of rotatable bonds is 25. The lowest BCUT2D eigenvalue weighted by Gasteiger charge is -2.30. The molecule has 9 amide bonds. The zero-order valence-corrected chi connectivity index (χ0v) is 73.3. The molecular formula is C87H120FN9O27S. The van der Waals surface area contributed by atoms with Crippen molar-refractivity contribution in [3.8, 4) is 11.1 Å². The molecule has 2 saturated carbocycles. The number of nitrogens with one attached hydrogen (secondary N) is 5. The highest BCUT2D eigenvalue weighted by molar-refractivity contribution is 7.93. The minimum atomic E-state index is -3.76. The number of ether oxygens (including phenoxy) is 8. The molecule has 3 heterocycles. The van der Waals surface area contributed by atoms with Crippen molar-refractivity contribution in [1.82, 2.24) is 46.2 Å². The van der Waals surface area contributed by atoms with Crippen LogP contribution in [0.2, 0.25) is 0 Å². The molecule has 7 N–H and O–H groups in total. The minimum Gasteiger partial charge on any atom is -0.481 e. The summed E-state index contributed by atoms with van der Waals surface area (Å²) >= 11 is 0. The summed E-state index contributed by atoms with van der Waals surface area (Å²) in [6, 6.07) is 14.7. The van der Waals surface area contributed by atoms with Gasteiger partial charge in [0.2, 0.25) is 17.7 Å². The van der Waals surface area contributed by atoms with Gasteiger partial charge in [0, 0.05) is 62.8 Å². The average molecular weight is 1780 g/mol. The minimum absolute atomic E-state index is 0. The summed E-state index contributed by atoms with van der Waals surface area (Å²) in [4.78, 5) is 190. The second-order valence-corrected chi connectivity index (χ2v) is 36.4. The normalized spacial score (nSPS) is 19.3. The fraction of sp³-hybridized carbons (Fsp3) is 0.552. The number of aliphatic carboxylic acids is 2. The van der Waals surface area contributed by atoms with Crippen LogP contribution in [0, 0.1) is 11.7 Å². The van der Waals surface area contributed by atoms with Crippen LogP contribution in [-0.2, 0) is 104 Å². The molecule has 3 aliphatic carbocycles. The van der Waals surface area contributed by atoms with Gasteiger partial charge in [-0.15, -0.1) is 6.58 Å². The third-order valence-corrected chi connectivity index (χ3v) is 21.7. The van der Waals surface area contributed by atoms with Crippen molar-refractivity contribution in [3.05, 3.63) is 132 Å². The summed E-state index contributed by atoms with van der Waals surface area (Å²) in [7, 11) is -1.38. The Labute approximate surface area is 727 Å². The number of carboxylic acid groups (broad SMARTS) is 2. The van der Waals surface area contributed by atoms with E-state index in [9.17, 15) is 89.8 Å². The summed E-state index contributed by atoms with van der Waals surface area (Å²) in [6.45, 7) is 27.3. The first-order valence-electron chi connectivity index (χ1n) is 40.4. The van der Waals surface area contributed by atoms with Crippen molar-refractivity contribution < 1.29 is 133 Å². The molecule has 38 heteroatoms. The lowest BCUT2D eigenvalue weighted by atomic mass is 9.98. The molecule has 9 rings (SSSR count). The van der Waals surface area contributed by atoms with Crippen molar-refractivity contribution in [3.63, 3.8) is 0 Å². The van der Waals surface area contributed by atoms with Gasteiger partial charge >= 0.3 is 60.4 Å². The van der Waals surface area contributed by atoms with E-state index in [0.717, 1.165) is 35.4 Å². The van der Waals surface area contributed by atoms with E-state index in [1.165, 1.54) is 38.9 Å². The van der Waals surface area contributed by atoms with Gasteiger partial charge in [-0.25, -0.2) is 56.0 Å². The topological polar surface area (TPSA) is 478 Å². The first kappa shape index (κ1) is 104. The van der Waals surface area contributed by atoms with Gasteiger partial charge in [0.1, 0.15) is 88.7 Å². The number of hydrogen-bond acceptors (Lipinski definition) is 25. The SMILES string of the molecule is C.C=CC(=O)N1C/C=C\[C@@H]2C[C@@]2(C(=O)CS(=O)(=O)C2CC2)NC(=O)[C@@H]2C[C@@H](OC(=O)N3Cc4cccc(F)c4C3)CN2C(=O)[C@@H](NC(=O)OC(C)(C)C)CCC1.C=CCN(C[C@H](NC(=O)OC(C)(C)C)C(=O)O)C(=O)OCC1c2ccccc2-c2ccccc21.COC(=O)[C@H](CCC(=O)O)NC(=O)OC(C)(C)C.COC(=O)[C@H](CCC=O)NC(=O)OC(C)(C)C. The molecule has 0 aromatic heterocycles. The predicted octanol–water partition coefficient (Wildman–Crippen LogP) is 9.51. The number of carbonyl (C=O) groups excluding carboxylic acids is 13. The molecule has 0 radical (unpaired) electrons. The van der Waals surface area contributed by atoms with Crippen molar-refractivity contribution in [2.75, 3.05) is 59.3 Å². The first-order chi connectivity index (χ1) is 58.0. The van der Waals surface area contributed by atoms with E-state index >= 15 is 0 Å². The molecule has 3 aromatic rings. The van der Waals surface area contributed by atoms with Crippen LogP contribution >= 0.6 is 0 Å². The Morgan fingerprint density at radius 2 is 1.24 bits per heavy atom. The number of hydrogen-bond donors (Lipinski definition) is 7. The quantitative estimate of drug-likeness (QED) is 0.0136. The molecule has 0 unspecified atom stereocenters. The summed E-state index contributed by atoms with van der Waals surface area (Å²) in [5.74, 6) is -8.15. The number of alkyl carbamates (subject to hydrolysis) is 4. The maximum Gasteiger partial charge on any atom is 0.410 e. The van der Waals surface area contributed by atoms with E-state index in [2.05, 4.69) is 49.2 Å². The number of sulfone groups is 1. The molecule has 3 aliphatic heterocycles.